The summed E-state index contributed by atoms with van der Waals surface area (Å²) in [6.45, 7) is 5.12. The Labute approximate surface area is 137 Å². The zero-order chi connectivity index (χ0) is 16.2. The molecule has 4 nitrogen and oxygen atoms in total. The Morgan fingerprint density at radius 3 is 2.26 bits per heavy atom. The van der Waals surface area contributed by atoms with Gasteiger partial charge >= 0.3 is 0 Å². The fourth-order valence-corrected chi connectivity index (χ4v) is 2.92. The van der Waals surface area contributed by atoms with E-state index < -0.39 is 0 Å². The van der Waals surface area contributed by atoms with Crippen molar-refractivity contribution in [2.75, 3.05) is 38.2 Å². The largest absolute Gasteiger partial charge is 0.495 e. The van der Waals surface area contributed by atoms with E-state index in [0.29, 0.717) is 0 Å². The summed E-state index contributed by atoms with van der Waals surface area (Å²) in [5.41, 5.74) is 3.03. The number of nitrogens with zero attached hydrogens (tertiary/aromatic N) is 2. The van der Waals surface area contributed by atoms with Gasteiger partial charge in [-0.05, 0) is 31.2 Å². The average molecular weight is 310 g/mol. The second-order valence-corrected chi connectivity index (χ2v) is 5.82. The normalized spacial score (nSPS) is 14.7. The van der Waals surface area contributed by atoms with Crippen LogP contribution in [0.1, 0.15) is 15.9 Å². The van der Waals surface area contributed by atoms with Gasteiger partial charge in [-0.3, -0.25) is 4.79 Å². The summed E-state index contributed by atoms with van der Waals surface area (Å²) in [5, 5.41) is 0. The van der Waals surface area contributed by atoms with Crippen LogP contribution in [0.2, 0.25) is 0 Å². The predicted molar refractivity (Wildman–Crippen MR) is 92.3 cm³/mol. The van der Waals surface area contributed by atoms with Crippen LogP contribution in [-0.4, -0.2) is 44.1 Å². The summed E-state index contributed by atoms with van der Waals surface area (Å²) in [4.78, 5) is 16.8. The highest BCUT2D eigenvalue weighted by Crippen LogP contribution is 2.28. The molecular formula is C19H22N2O2. The van der Waals surface area contributed by atoms with Crippen LogP contribution in [0.5, 0.6) is 5.75 Å². The first-order valence-electron chi connectivity index (χ1n) is 7.93. The van der Waals surface area contributed by atoms with Gasteiger partial charge in [0, 0.05) is 31.7 Å². The molecule has 0 N–H and O–H groups in total. The van der Waals surface area contributed by atoms with E-state index in [-0.39, 0.29) is 5.91 Å². The number of piperazine rings is 1. The first-order chi connectivity index (χ1) is 11.2. The van der Waals surface area contributed by atoms with Crippen molar-refractivity contribution in [2.45, 2.75) is 6.92 Å². The fourth-order valence-electron chi connectivity index (χ4n) is 2.92. The summed E-state index contributed by atoms with van der Waals surface area (Å²) in [6.07, 6.45) is 0. The minimum Gasteiger partial charge on any atom is -0.495 e. The van der Waals surface area contributed by atoms with Crippen molar-refractivity contribution in [2.24, 2.45) is 0 Å². The summed E-state index contributed by atoms with van der Waals surface area (Å²) in [5.74, 6) is 0.996. The van der Waals surface area contributed by atoms with E-state index in [1.54, 1.807) is 7.11 Å². The van der Waals surface area contributed by atoms with Gasteiger partial charge in [-0.2, -0.15) is 0 Å². The molecule has 1 saturated heterocycles. The van der Waals surface area contributed by atoms with Crippen molar-refractivity contribution in [3.63, 3.8) is 0 Å². The van der Waals surface area contributed by atoms with Crippen LogP contribution < -0.4 is 9.64 Å². The third-order valence-corrected chi connectivity index (χ3v) is 4.29. The van der Waals surface area contributed by atoms with Crippen molar-refractivity contribution in [1.82, 2.24) is 4.90 Å². The lowest BCUT2D eigenvalue weighted by Gasteiger charge is -2.36. The maximum absolute atomic E-state index is 12.6. The standard InChI is InChI=1S/C19H22N2O2/c1-15-7-9-16(10-8-15)19(22)21-13-11-20(12-14-21)17-5-3-4-6-18(17)23-2/h3-10H,11-14H2,1-2H3. The molecule has 0 radical (unpaired) electrons. The quantitative estimate of drug-likeness (QED) is 0.874. The van der Waals surface area contributed by atoms with Gasteiger partial charge in [0.05, 0.1) is 12.8 Å². The van der Waals surface area contributed by atoms with Gasteiger partial charge < -0.3 is 14.5 Å². The van der Waals surface area contributed by atoms with Crippen LogP contribution in [0, 0.1) is 6.92 Å². The molecule has 0 saturated carbocycles. The SMILES string of the molecule is COc1ccccc1N1CCN(C(=O)c2ccc(C)cc2)CC1. The van der Waals surface area contributed by atoms with E-state index in [1.807, 2.05) is 54.3 Å². The molecule has 0 atom stereocenters. The predicted octanol–water partition coefficient (Wildman–Crippen LogP) is 2.97. The number of methoxy groups -OCH3 is 1. The smallest absolute Gasteiger partial charge is 0.253 e. The van der Waals surface area contributed by atoms with Gasteiger partial charge in [-0.1, -0.05) is 29.8 Å². The number of carbonyl (C=O) groups excluding carboxylic acids is 1. The Hall–Kier alpha value is -2.49. The molecule has 23 heavy (non-hydrogen) atoms. The molecule has 1 fully saturated rings. The first-order valence-corrected chi connectivity index (χ1v) is 7.93. The molecule has 0 aliphatic carbocycles. The van der Waals surface area contributed by atoms with E-state index in [4.69, 9.17) is 4.74 Å². The summed E-state index contributed by atoms with van der Waals surface area (Å²) >= 11 is 0. The number of anilines is 1. The number of carbonyl (C=O) groups is 1. The Kier molecular flexibility index (Phi) is 4.51. The lowest BCUT2D eigenvalue weighted by Crippen LogP contribution is -2.48. The van der Waals surface area contributed by atoms with Gasteiger partial charge in [0.2, 0.25) is 0 Å². The average Bonchev–Trinajstić information content (AvgIpc) is 2.62. The monoisotopic (exact) mass is 310 g/mol. The maximum atomic E-state index is 12.6. The molecular weight excluding hydrogens is 288 g/mol. The highest BCUT2D eigenvalue weighted by Gasteiger charge is 2.23. The Balaban J connectivity index is 1.66. The molecule has 1 aliphatic rings. The number of ether oxygens (including phenoxy) is 1. The second-order valence-electron chi connectivity index (χ2n) is 5.82. The van der Waals surface area contributed by atoms with Crippen LogP contribution in [0.25, 0.3) is 0 Å². The lowest BCUT2D eigenvalue weighted by atomic mass is 10.1. The first kappa shape index (κ1) is 15.4. The Bertz CT molecular complexity index is 674. The van der Waals surface area contributed by atoms with Crippen LogP contribution >= 0.6 is 0 Å². The number of rotatable bonds is 3. The van der Waals surface area contributed by atoms with Crippen LogP contribution in [0.3, 0.4) is 0 Å². The number of benzene rings is 2. The van der Waals surface area contributed by atoms with Crippen molar-refractivity contribution < 1.29 is 9.53 Å². The molecule has 1 aliphatic heterocycles. The van der Waals surface area contributed by atoms with E-state index in [2.05, 4.69) is 11.0 Å². The van der Waals surface area contributed by atoms with E-state index in [0.717, 1.165) is 43.2 Å². The van der Waals surface area contributed by atoms with Gasteiger partial charge in [0.15, 0.2) is 0 Å². The van der Waals surface area contributed by atoms with Crippen molar-refractivity contribution in [1.29, 1.82) is 0 Å². The summed E-state index contributed by atoms with van der Waals surface area (Å²) < 4.78 is 5.43. The van der Waals surface area contributed by atoms with Crippen molar-refractivity contribution >= 4 is 11.6 Å². The fraction of sp³-hybridized carbons (Fsp3) is 0.316. The molecule has 0 unspecified atom stereocenters. The Morgan fingerprint density at radius 1 is 0.957 bits per heavy atom. The molecule has 120 valence electrons. The zero-order valence-corrected chi connectivity index (χ0v) is 13.7. The van der Waals surface area contributed by atoms with Gasteiger partial charge in [0.1, 0.15) is 5.75 Å². The minimum absolute atomic E-state index is 0.115. The summed E-state index contributed by atoms with van der Waals surface area (Å²) in [6, 6.07) is 15.8. The molecule has 2 aromatic carbocycles. The van der Waals surface area contributed by atoms with Gasteiger partial charge in [-0.15, -0.1) is 0 Å². The molecule has 1 heterocycles. The summed E-state index contributed by atoms with van der Waals surface area (Å²) in [7, 11) is 1.69. The number of para-hydroxylation sites is 2. The number of aryl methyl sites for hydroxylation is 1. The highest BCUT2D eigenvalue weighted by molar-refractivity contribution is 5.94. The van der Waals surface area contributed by atoms with Crippen LogP contribution in [0.15, 0.2) is 48.5 Å². The van der Waals surface area contributed by atoms with Crippen LogP contribution in [0.4, 0.5) is 5.69 Å². The van der Waals surface area contributed by atoms with E-state index in [1.165, 1.54) is 5.56 Å². The Morgan fingerprint density at radius 2 is 1.61 bits per heavy atom. The number of hydrogen-bond donors (Lipinski definition) is 0. The maximum Gasteiger partial charge on any atom is 0.253 e. The number of amides is 1. The van der Waals surface area contributed by atoms with E-state index >= 15 is 0 Å². The van der Waals surface area contributed by atoms with Gasteiger partial charge in [0.25, 0.3) is 5.91 Å². The van der Waals surface area contributed by atoms with Gasteiger partial charge in [-0.25, -0.2) is 0 Å². The van der Waals surface area contributed by atoms with Crippen molar-refractivity contribution in [3.8, 4) is 5.75 Å². The molecule has 0 bridgehead atoms. The minimum atomic E-state index is 0.115. The second kappa shape index (κ2) is 6.73. The van der Waals surface area contributed by atoms with E-state index in [9.17, 15) is 4.79 Å². The molecule has 0 spiro atoms. The molecule has 1 amide bonds. The molecule has 4 heteroatoms. The topological polar surface area (TPSA) is 32.8 Å². The third kappa shape index (κ3) is 3.31. The van der Waals surface area contributed by atoms with Crippen LogP contribution in [-0.2, 0) is 0 Å². The highest BCUT2D eigenvalue weighted by atomic mass is 16.5. The van der Waals surface area contributed by atoms with Crippen molar-refractivity contribution in [3.05, 3.63) is 59.7 Å². The molecule has 2 aromatic rings. The zero-order valence-electron chi connectivity index (χ0n) is 13.7. The molecule has 0 aromatic heterocycles. The third-order valence-electron chi connectivity index (χ3n) is 4.29. The number of hydrogen-bond acceptors (Lipinski definition) is 3. The lowest BCUT2D eigenvalue weighted by molar-refractivity contribution is 0.0746. The molecule has 3 rings (SSSR count).